The molecule has 0 saturated carbocycles. The van der Waals surface area contributed by atoms with Gasteiger partial charge in [-0.15, -0.1) is 0 Å². The molecular weight excluding hydrogens is 328 g/mol. The van der Waals surface area contributed by atoms with Crippen LogP contribution in [0.5, 0.6) is 0 Å². The van der Waals surface area contributed by atoms with Crippen LogP contribution >= 0.6 is 0 Å². The predicted molar refractivity (Wildman–Crippen MR) is 116 cm³/mol. The highest BCUT2D eigenvalue weighted by atomic mass is 16.5. The molecule has 2 atom stereocenters. The van der Waals surface area contributed by atoms with Crippen molar-refractivity contribution < 1.29 is 4.74 Å². The highest BCUT2D eigenvalue weighted by molar-refractivity contribution is 5.64. The van der Waals surface area contributed by atoms with Crippen LogP contribution in [0.15, 0.2) is 48.5 Å². The first-order valence-corrected chi connectivity index (χ1v) is 11.0. The zero-order chi connectivity index (χ0) is 18.9. The van der Waals surface area contributed by atoms with E-state index in [9.17, 15) is 0 Å². The largest absolute Gasteiger partial charge is 0.373 e. The standard InChI is InChI=1S/C26H36O/c1-3-4-5-6-7-8-9-22-12-19-26(27-20-22)25-17-15-24(16-18-25)23-13-10-21(2)11-14-23/h10-11,13-18,22,26H,3-9,12,19-20H2,1-2H3. The number of hydrogen-bond donors (Lipinski definition) is 0. The van der Waals surface area contributed by atoms with Crippen molar-refractivity contribution in [2.75, 3.05) is 6.61 Å². The number of aryl methyl sites for hydroxylation is 1. The monoisotopic (exact) mass is 364 g/mol. The number of unbranched alkanes of at least 4 members (excludes halogenated alkanes) is 5. The summed E-state index contributed by atoms with van der Waals surface area (Å²) in [5.41, 5.74) is 5.22. The van der Waals surface area contributed by atoms with Crippen LogP contribution < -0.4 is 0 Å². The van der Waals surface area contributed by atoms with Gasteiger partial charge in [0.05, 0.1) is 12.7 Å². The summed E-state index contributed by atoms with van der Waals surface area (Å²) < 4.78 is 6.23. The topological polar surface area (TPSA) is 9.23 Å². The second-order valence-corrected chi connectivity index (χ2v) is 8.31. The summed E-state index contributed by atoms with van der Waals surface area (Å²) in [5, 5.41) is 0. The Morgan fingerprint density at radius 1 is 0.778 bits per heavy atom. The maximum Gasteiger partial charge on any atom is 0.0825 e. The van der Waals surface area contributed by atoms with Gasteiger partial charge in [-0.2, -0.15) is 0 Å². The molecule has 0 aliphatic carbocycles. The second kappa shape index (κ2) is 10.7. The molecule has 1 heteroatoms. The van der Waals surface area contributed by atoms with Crippen molar-refractivity contribution in [1.82, 2.24) is 0 Å². The predicted octanol–water partition coefficient (Wildman–Crippen LogP) is 7.88. The van der Waals surface area contributed by atoms with E-state index in [0.29, 0.717) is 0 Å². The fourth-order valence-corrected chi connectivity index (χ4v) is 4.15. The van der Waals surface area contributed by atoms with Gasteiger partial charge in [0.2, 0.25) is 0 Å². The average molecular weight is 365 g/mol. The summed E-state index contributed by atoms with van der Waals surface area (Å²) in [6.45, 7) is 5.36. The number of rotatable bonds is 9. The minimum Gasteiger partial charge on any atom is -0.373 e. The Labute approximate surface area is 166 Å². The van der Waals surface area contributed by atoms with Gasteiger partial charge < -0.3 is 4.74 Å². The van der Waals surface area contributed by atoms with Crippen molar-refractivity contribution in [1.29, 1.82) is 0 Å². The Kier molecular flexibility index (Phi) is 7.95. The van der Waals surface area contributed by atoms with Crippen molar-refractivity contribution in [3.63, 3.8) is 0 Å². The SMILES string of the molecule is CCCCCCCCC1CCC(c2ccc(-c3ccc(C)cc3)cc2)OC1. The number of ether oxygens (including phenoxy) is 1. The van der Waals surface area contributed by atoms with Gasteiger partial charge in [-0.25, -0.2) is 0 Å². The zero-order valence-corrected chi connectivity index (χ0v) is 17.3. The molecule has 0 N–H and O–H groups in total. The third-order valence-corrected chi connectivity index (χ3v) is 6.00. The fourth-order valence-electron chi connectivity index (χ4n) is 4.15. The van der Waals surface area contributed by atoms with Gasteiger partial charge in [0.1, 0.15) is 0 Å². The molecule has 3 rings (SSSR count). The summed E-state index contributed by atoms with van der Waals surface area (Å²) in [6, 6.07) is 17.8. The van der Waals surface area contributed by atoms with Crippen molar-refractivity contribution in [3.8, 4) is 11.1 Å². The van der Waals surface area contributed by atoms with Crippen LogP contribution in [0.2, 0.25) is 0 Å². The van der Waals surface area contributed by atoms with Gasteiger partial charge in [-0.3, -0.25) is 0 Å². The molecule has 0 radical (unpaired) electrons. The van der Waals surface area contributed by atoms with Crippen molar-refractivity contribution in [3.05, 3.63) is 59.7 Å². The molecule has 1 saturated heterocycles. The molecular formula is C26H36O. The fraction of sp³-hybridized carbons (Fsp3) is 0.538. The van der Waals surface area contributed by atoms with Gasteiger partial charge in [0.15, 0.2) is 0 Å². The lowest BCUT2D eigenvalue weighted by Gasteiger charge is -2.29. The first-order chi connectivity index (χ1) is 13.3. The van der Waals surface area contributed by atoms with Crippen molar-refractivity contribution >= 4 is 0 Å². The Balaban J connectivity index is 1.42. The first kappa shape index (κ1) is 20.1. The Morgan fingerprint density at radius 2 is 1.41 bits per heavy atom. The maximum atomic E-state index is 6.23. The molecule has 1 aliphatic rings. The van der Waals surface area contributed by atoms with E-state index in [1.165, 1.54) is 80.0 Å². The quantitative estimate of drug-likeness (QED) is 0.411. The summed E-state index contributed by atoms with van der Waals surface area (Å²) in [4.78, 5) is 0. The first-order valence-electron chi connectivity index (χ1n) is 11.0. The number of hydrogen-bond acceptors (Lipinski definition) is 1. The molecule has 27 heavy (non-hydrogen) atoms. The van der Waals surface area contributed by atoms with E-state index in [4.69, 9.17) is 4.74 Å². The Hall–Kier alpha value is -1.60. The molecule has 146 valence electrons. The van der Waals surface area contributed by atoms with E-state index < -0.39 is 0 Å². The highest BCUT2D eigenvalue weighted by Crippen LogP contribution is 2.33. The van der Waals surface area contributed by atoms with Gasteiger partial charge >= 0.3 is 0 Å². The lowest BCUT2D eigenvalue weighted by atomic mass is 9.90. The average Bonchev–Trinajstić information content (AvgIpc) is 2.72. The molecule has 0 spiro atoms. The van der Waals surface area contributed by atoms with E-state index in [1.54, 1.807) is 0 Å². The van der Waals surface area contributed by atoms with Crippen molar-refractivity contribution in [2.45, 2.75) is 77.7 Å². The third kappa shape index (κ3) is 6.21. The summed E-state index contributed by atoms with van der Waals surface area (Å²) in [7, 11) is 0. The third-order valence-electron chi connectivity index (χ3n) is 6.00. The molecule has 0 bridgehead atoms. The zero-order valence-electron chi connectivity index (χ0n) is 17.3. The summed E-state index contributed by atoms with van der Waals surface area (Å²) in [6.07, 6.45) is 12.5. The molecule has 2 aromatic rings. The lowest BCUT2D eigenvalue weighted by molar-refractivity contribution is -0.0199. The van der Waals surface area contributed by atoms with E-state index in [-0.39, 0.29) is 6.10 Å². The Morgan fingerprint density at radius 3 is 2.04 bits per heavy atom. The van der Waals surface area contributed by atoms with E-state index in [2.05, 4.69) is 62.4 Å². The molecule has 2 unspecified atom stereocenters. The molecule has 1 aliphatic heterocycles. The van der Waals surface area contributed by atoms with E-state index >= 15 is 0 Å². The van der Waals surface area contributed by atoms with Crippen LogP contribution in [-0.2, 0) is 4.74 Å². The van der Waals surface area contributed by atoms with Crippen LogP contribution in [0.4, 0.5) is 0 Å². The van der Waals surface area contributed by atoms with Crippen LogP contribution in [0.25, 0.3) is 11.1 Å². The normalized spacial score (nSPS) is 19.9. The van der Waals surface area contributed by atoms with Crippen LogP contribution in [-0.4, -0.2) is 6.61 Å². The molecule has 1 heterocycles. The van der Waals surface area contributed by atoms with Gasteiger partial charge in [-0.1, -0.05) is 99.5 Å². The smallest absolute Gasteiger partial charge is 0.0825 e. The van der Waals surface area contributed by atoms with Crippen LogP contribution in [0.3, 0.4) is 0 Å². The molecule has 0 amide bonds. The molecule has 1 fully saturated rings. The number of benzene rings is 2. The Bertz CT molecular complexity index is 648. The van der Waals surface area contributed by atoms with Crippen molar-refractivity contribution in [2.24, 2.45) is 5.92 Å². The summed E-state index contributed by atoms with van der Waals surface area (Å²) in [5.74, 6) is 0.777. The van der Waals surface area contributed by atoms with Gasteiger partial charge in [0, 0.05) is 0 Å². The molecule has 1 nitrogen and oxygen atoms in total. The van der Waals surface area contributed by atoms with Gasteiger partial charge in [-0.05, 0) is 48.8 Å². The highest BCUT2D eigenvalue weighted by Gasteiger charge is 2.22. The molecule has 2 aromatic carbocycles. The maximum absolute atomic E-state index is 6.23. The lowest BCUT2D eigenvalue weighted by Crippen LogP contribution is -2.20. The van der Waals surface area contributed by atoms with Gasteiger partial charge in [0.25, 0.3) is 0 Å². The van der Waals surface area contributed by atoms with Crippen LogP contribution in [0, 0.1) is 12.8 Å². The second-order valence-electron chi connectivity index (χ2n) is 8.31. The minimum absolute atomic E-state index is 0.290. The van der Waals surface area contributed by atoms with E-state index in [0.717, 1.165) is 12.5 Å². The molecule has 0 aromatic heterocycles. The van der Waals surface area contributed by atoms with Crippen LogP contribution in [0.1, 0.15) is 81.9 Å². The summed E-state index contributed by atoms with van der Waals surface area (Å²) >= 11 is 0. The minimum atomic E-state index is 0.290. The van der Waals surface area contributed by atoms with E-state index in [1.807, 2.05) is 0 Å².